The second-order valence-corrected chi connectivity index (χ2v) is 4.26. The highest BCUT2D eigenvalue weighted by Crippen LogP contribution is 2.22. The number of aliphatic hydroxyl groups is 2. The molecule has 0 bridgehead atoms. The minimum absolute atomic E-state index is 0.248. The van der Waals surface area contributed by atoms with Crippen LogP contribution in [-0.2, 0) is 0 Å². The van der Waals surface area contributed by atoms with E-state index in [2.05, 4.69) is 20.8 Å². The summed E-state index contributed by atoms with van der Waals surface area (Å²) in [5.74, 6) is 1.24. The fourth-order valence-electron chi connectivity index (χ4n) is 1.68. The predicted octanol–water partition coefficient (Wildman–Crippen LogP) is 2.05. The quantitative estimate of drug-likeness (QED) is 0.642. The summed E-state index contributed by atoms with van der Waals surface area (Å²) in [4.78, 5) is 0. The molecule has 0 aliphatic heterocycles. The van der Waals surface area contributed by atoms with Crippen molar-refractivity contribution < 1.29 is 10.2 Å². The first kappa shape index (κ1) is 12.9. The van der Waals surface area contributed by atoms with Crippen molar-refractivity contribution in [2.45, 2.75) is 40.0 Å². The molecule has 0 aromatic carbocycles. The molecule has 0 saturated heterocycles. The van der Waals surface area contributed by atoms with Crippen molar-refractivity contribution in [3.8, 4) is 0 Å². The highest BCUT2D eigenvalue weighted by atomic mass is 16.3. The van der Waals surface area contributed by atoms with Gasteiger partial charge < -0.3 is 10.2 Å². The molecule has 2 N–H and O–H groups in total. The van der Waals surface area contributed by atoms with Crippen LogP contribution >= 0.6 is 0 Å². The smallest absolute Gasteiger partial charge is 0.0461 e. The molecule has 2 atom stereocenters. The van der Waals surface area contributed by atoms with Gasteiger partial charge in [0.05, 0.1) is 0 Å². The topological polar surface area (TPSA) is 40.5 Å². The Kier molecular flexibility index (Phi) is 7.29. The van der Waals surface area contributed by atoms with E-state index in [1.807, 2.05) is 0 Å². The van der Waals surface area contributed by atoms with E-state index in [4.69, 9.17) is 10.2 Å². The summed E-state index contributed by atoms with van der Waals surface area (Å²) < 4.78 is 0. The van der Waals surface area contributed by atoms with Gasteiger partial charge in [-0.1, -0.05) is 27.2 Å². The minimum Gasteiger partial charge on any atom is -0.396 e. The first-order chi connectivity index (χ1) is 6.15. The lowest BCUT2D eigenvalue weighted by molar-refractivity contribution is 0.130. The Labute approximate surface area is 82.0 Å². The monoisotopic (exact) mass is 188 g/mol. The van der Waals surface area contributed by atoms with Gasteiger partial charge in [0.25, 0.3) is 0 Å². The van der Waals surface area contributed by atoms with Gasteiger partial charge in [0.1, 0.15) is 0 Å². The maximum Gasteiger partial charge on any atom is 0.0461 e. The zero-order chi connectivity index (χ0) is 10.3. The van der Waals surface area contributed by atoms with E-state index < -0.39 is 0 Å². The van der Waals surface area contributed by atoms with Crippen LogP contribution in [0.15, 0.2) is 0 Å². The number of hydrogen-bond donors (Lipinski definition) is 2. The molecular formula is C11H24O2. The Morgan fingerprint density at radius 1 is 1.08 bits per heavy atom. The maximum atomic E-state index is 9.13. The average molecular weight is 188 g/mol. The van der Waals surface area contributed by atoms with Crippen LogP contribution in [-0.4, -0.2) is 23.4 Å². The molecule has 0 radical (unpaired) electrons. The van der Waals surface area contributed by atoms with E-state index >= 15 is 0 Å². The highest BCUT2D eigenvalue weighted by molar-refractivity contribution is 4.67. The van der Waals surface area contributed by atoms with E-state index in [0.29, 0.717) is 17.8 Å². The van der Waals surface area contributed by atoms with Crippen LogP contribution in [0.3, 0.4) is 0 Å². The van der Waals surface area contributed by atoms with Crippen LogP contribution < -0.4 is 0 Å². The standard InChI is InChI=1S/C11H24O2/c1-4-5-10(7-12)6-11(8-13)9(2)3/h9-13H,4-8H2,1-3H3. The summed E-state index contributed by atoms with van der Waals surface area (Å²) in [6.07, 6.45) is 3.14. The Bertz CT molecular complexity index is 113. The molecule has 13 heavy (non-hydrogen) atoms. The van der Waals surface area contributed by atoms with Crippen LogP contribution in [0, 0.1) is 17.8 Å². The van der Waals surface area contributed by atoms with Gasteiger partial charge >= 0.3 is 0 Å². The molecule has 0 aliphatic carbocycles. The minimum atomic E-state index is 0.248. The molecule has 0 rings (SSSR count). The fraction of sp³-hybridized carbons (Fsp3) is 1.00. The third kappa shape index (κ3) is 5.27. The summed E-state index contributed by atoms with van der Waals surface area (Å²) >= 11 is 0. The molecule has 0 spiro atoms. The first-order valence-corrected chi connectivity index (χ1v) is 5.37. The molecule has 0 amide bonds. The van der Waals surface area contributed by atoms with Gasteiger partial charge in [-0.2, -0.15) is 0 Å². The second-order valence-electron chi connectivity index (χ2n) is 4.26. The average Bonchev–Trinajstić information content (AvgIpc) is 2.11. The Hall–Kier alpha value is -0.0800. The normalized spacial score (nSPS) is 16.2. The number of aliphatic hydroxyl groups excluding tert-OH is 2. The van der Waals surface area contributed by atoms with Crippen molar-refractivity contribution in [2.75, 3.05) is 13.2 Å². The zero-order valence-corrected chi connectivity index (χ0v) is 9.16. The summed E-state index contributed by atoms with van der Waals surface area (Å²) in [5, 5.41) is 18.2. The van der Waals surface area contributed by atoms with E-state index in [0.717, 1.165) is 19.3 Å². The Morgan fingerprint density at radius 3 is 2.00 bits per heavy atom. The largest absolute Gasteiger partial charge is 0.396 e. The Morgan fingerprint density at radius 2 is 1.69 bits per heavy atom. The predicted molar refractivity (Wildman–Crippen MR) is 55.5 cm³/mol. The van der Waals surface area contributed by atoms with Gasteiger partial charge in [0.15, 0.2) is 0 Å². The van der Waals surface area contributed by atoms with Crippen molar-refractivity contribution in [1.82, 2.24) is 0 Å². The Balaban J connectivity index is 3.87. The van der Waals surface area contributed by atoms with Gasteiger partial charge in [-0.3, -0.25) is 0 Å². The zero-order valence-electron chi connectivity index (χ0n) is 9.16. The maximum absolute atomic E-state index is 9.13. The highest BCUT2D eigenvalue weighted by Gasteiger charge is 2.17. The third-order valence-corrected chi connectivity index (χ3v) is 2.77. The van der Waals surface area contributed by atoms with Crippen molar-refractivity contribution in [2.24, 2.45) is 17.8 Å². The second kappa shape index (κ2) is 7.34. The molecule has 80 valence electrons. The van der Waals surface area contributed by atoms with Crippen LogP contribution in [0.25, 0.3) is 0 Å². The molecule has 0 fully saturated rings. The molecule has 0 saturated carbocycles. The van der Waals surface area contributed by atoms with Gasteiger partial charge in [0, 0.05) is 13.2 Å². The lowest BCUT2D eigenvalue weighted by Gasteiger charge is -2.23. The van der Waals surface area contributed by atoms with Crippen LogP contribution in [0.5, 0.6) is 0 Å². The molecule has 2 unspecified atom stereocenters. The van der Waals surface area contributed by atoms with Gasteiger partial charge in [0.2, 0.25) is 0 Å². The molecule has 0 aliphatic rings. The SMILES string of the molecule is CCCC(CO)CC(CO)C(C)C. The van der Waals surface area contributed by atoms with Gasteiger partial charge in [-0.25, -0.2) is 0 Å². The lowest BCUT2D eigenvalue weighted by Crippen LogP contribution is -2.19. The first-order valence-electron chi connectivity index (χ1n) is 5.37. The molecule has 0 aromatic heterocycles. The van der Waals surface area contributed by atoms with Crippen molar-refractivity contribution in [3.05, 3.63) is 0 Å². The number of rotatable bonds is 7. The van der Waals surface area contributed by atoms with E-state index in [9.17, 15) is 0 Å². The summed E-state index contributed by atoms with van der Waals surface area (Å²) in [5.41, 5.74) is 0. The van der Waals surface area contributed by atoms with Crippen LogP contribution in [0.4, 0.5) is 0 Å². The third-order valence-electron chi connectivity index (χ3n) is 2.77. The van der Waals surface area contributed by atoms with Gasteiger partial charge in [-0.05, 0) is 30.6 Å². The van der Waals surface area contributed by atoms with E-state index in [-0.39, 0.29) is 13.2 Å². The van der Waals surface area contributed by atoms with Crippen LogP contribution in [0.2, 0.25) is 0 Å². The summed E-state index contributed by atoms with van der Waals surface area (Å²) in [6, 6.07) is 0. The van der Waals surface area contributed by atoms with Crippen LogP contribution in [0.1, 0.15) is 40.0 Å². The molecule has 2 nitrogen and oxygen atoms in total. The molecule has 0 heterocycles. The molecule has 2 heteroatoms. The fourth-order valence-corrected chi connectivity index (χ4v) is 1.68. The van der Waals surface area contributed by atoms with E-state index in [1.54, 1.807) is 0 Å². The van der Waals surface area contributed by atoms with E-state index in [1.165, 1.54) is 0 Å². The van der Waals surface area contributed by atoms with Crippen molar-refractivity contribution in [3.63, 3.8) is 0 Å². The van der Waals surface area contributed by atoms with Gasteiger partial charge in [-0.15, -0.1) is 0 Å². The number of hydrogen-bond acceptors (Lipinski definition) is 2. The lowest BCUT2D eigenvalue weighted by atomic mass is 9.85. The van der Waals surface area contributed by atoms with Crippen molar-refractivity contribution in [1.29, 1.82) is 0 Å². The molecule has 0 aromatic rings. The van der Waals surface area contributed by atoms with Crippen molar-refractivity contribution >= 4 is 0 Å². The summed E-state index contributed by atoms with van der Waals surface area (Å²) in [6.45, 7) is 6.89. The summed E-state index contributed by atoms with van der Waals surface area (Å²) in [7, 11) is 0. The molecular weight excluding hydrogens is 164 g/mol.